The van der Waals surface area contributed by atoms with E-state index in [1.807, 2.05) is 24.4 Å². The fourth-order valence-corrected chi connectivity index (χ4v) is 2.11. The van der Waals surface area contributed by atoms with Gasteiger partial charge in [0.2, 0.25) is 0 Å². The van der Waals surface area contributed by atoms with Crippen LogP contribution in [-0.4, -0.2) is 10.8 Å². The van der Waals surface area contributed by atoms with Crippen LogP contribution in [0.5, 0.6) is 0 Å². The van der Waals surface area contributed by atoms with Crippen molar-refractivity contribution in [3.63, 3.8) is 0 Å². The molecule has 2 heteroatoms. The minimum atomic E-state index is 0.276. The van der Waals surface area contributed by atoms with Crippen LogP contribution in [0.4, 0.5) is 0 Å². The maximum absolute atomic E-state index is 11.6. The number of ketones is 1. The average molecular weight is 197 g/mol. The van der Waals surface area contributed by atoms with Crippen molar-refractivity contribution in [3.05, 3.63) is 47.7 Å². The quantitative estimate of drug-likeness (QED) is 0.749. The number of fused-ring (bicyclic) bond motifs is 1. The molecule has 0 fully saturated rings. The highest BCUT2D eigenvalue weighted by Crippen LogP contribution is 2.27. The van der Waals surface area contributed by atoms with Crippen LogP contribution in [0.25, 0.3) is 11.3 Å². The summed E-state index contributed by atoms with van der Waals surface area (Å²) in [7, 11) is 0. The van der Waals surface area contributed by atoms with Crippen LogP contribution >= 0.6 is 0 Å². The number of aryl methyl sites for hydroxylation is 1. The molecular weight excluding hydrogens is 186 g/mol. The van der Waals surface area contributed by atoms with Gasteiger partial charge in [-0.3, -0.25) is 4.79 Å². The Kier molecular flexibility index (Phi) is 1.75. The third-order valence-electron chi connectivity index (χ3n) is 2.94. The minimum absolute atomic E-state index is 0.276. The molecule has 0 atom stereocenters. The number of aromatic nitrogens is 1. The highest BCUT2D eigenvalue weighted by molar-refractivity contribution is 6.01. The summed E-state index contributed by atoms with van der Waals surface area (Å²) in [6, 6.07) is 10.1. The van der Waals surface area contributed by atoms with Crippen molar-refractivity contribution in [2.45, 2.75) is 12.8 Å². The van der Waals surface area contributed by atoms with E-state index in [4.69, 9.17) is 0 Å². The standard InChI is InChI=1S/C13H11NO/c15-13-6-5-9-3-4-10(8-11(9)13)12-2-1-7-14-12/h1-4,7-8,14H,5-6H2. The molecule has 1 N–H and O–H groups in total. The van der Waals surface area contributed by atoms with Crippen molar-refractivity contribution in [1.29, 1.82) is 0 Å². The molecule has 2 aromatic rings. The third kappa shape index (κ3) is 1.30. The van der Waals surface area contributed by atoms with E-state index in [1.54, 1.807) is 0 Å². The summed E-state index contributed by atoms with van der Waals surface area (Å²) in [5.74, 6) is 0.276. The first-order chi connectivity index (χ1) is 7.34. The number of hydrogen-bond acceptors (Lipinski definition) is 1. The number of benzene rings is 1. The molecule has 1 aliphatic carbocycles. The van der Waals surface area contributed by atoms with Crippen molar-refractivity contribution < 1.29 is 4.79 Å². The Balaban J connectivity index is 2.13. The molecule has 0 amide bonds. The number of hydrogen-bond donors (Lipinski definition) is 1. The van der Waals surface area contributed by atoms with Crippen LogP contribution in [0, 0.1) is 0 Å². The first-order valence-electron chi connectivity index (χ1n) is 5.14. The van der Waals surface area contributed by atoms with Gasteiger partial charge in [-0.2, -0.15) is 0 Å². The molecule has 0 saturated heterocycles. The smallest absolute Gasteiger partial charge is 0.163 e. The fraction of sp³-hybridized carbons (Fsp3) is 0.154. The highest BCUT2D eigenvalue weighted by Gasteiger charge is 2.19. The number of rotatable bonds is 1. The van der Waals surface area contributed by atoms with Crippen molar-refractivity contribution in [2.75, 3.05) is 0 Å². The summed E-state index contributed by atoms with van der Waals surface area (Å²) in [6.45, 7) is 0. The maximum atomic E-state index is 11.6. The molecular formula is C13H11NO. The average Bonchev–Trinajstić information content (AvgIpc) is 2.88. The Morgan fingerprint density at radius 2 is 2.07 bits per heavy atom. The van der Waals surface area contributed by atoms with E-state index in [2.05, 4.69) is 17.1 Å². The third-order valence-corrected chi connectivity index (χ3v) is 2.94. The first kappa shape index (κ1) is 8.48. The number of aromatic amines is 1. The van der Waals surface area contributed by atoms with Gasteiger partial charge in [0, 0.05) is 23.9 Å². The molecule has 1 aromatic carbocycles. The fourth-order valence-electron chi connectivity index (χ4n) is 2.11. The van der Waals surface area contributed by atoms with E-state index in [0.29, 0.717) is 6.42 Å². The molecule has 0 radical (unpaired) electrons. The molecule has 0 unspecified atom stereocenters. The van der Waals surface area contributed by atoms with Crippen LogP contribution in [-0.2, 0) is 6.42 Å². The van der Waals surface area contributed by atoms with Gasteiger partial charge in [0.25, 0.3) is 0 Å². The summed E-state index contributed by atoms with van der Waals surface area (Å²) < 4.78 is 0. The maximum Gasteiger partial charge on any atom is 0.163 e. The normalized spacial score (nSPS) is 14.3. The Bertz CT molecular complexity index is 511. The molecule has 1 aromatic heterocycles. The predicted octanol–water partition coefficient (Wildman–Crippen LogP) is 2.81. The summed E-state index contributed by atoms with van der Waals surface area (Å²) >= 11 is 0. The van der Waals surface area contributed by atoms with Gasteiger partial charge in [-0.15, -0.1) is 0 Å². The second-order valence-electron chi connectivity index (χ2n) is 3.88. The lowest BCUT2D eigenvalue weighted by atomic mass is 10.0. The van der Waals surface area contributed by atoms with Gasteiger partial charge in [-0.25, -0.2) is 0 Å². The molecule has 1 aliphatic rings. The number of H-pyrrole nitrogens is 1. The van der Waals surface area contributed by atoms with Gasteiger partial charge < -0.3 is 4.98 Å². The van der Waals surface area contributed by atoms with Crippen molar-refractivity contribution >= 4 is 5.78 Å². The lowest BCUT2D eigenvalue weighted by molar-refractivity contribution is 0.0994. The molecule has 0 saturated carbocycles. The van der Waals surface area contributed by atoms with Gasteiger partial charge in [-0.05, 0) is 35.7 Å². The zero-order valence-corrected chi connectivity index (χ0v) is 8.29. The Hall–Kier alpha value is -1.83. The second-order valence-corrected chi connectivity index (χ2v) is 3.88. The first-order valence-corrected chi connectivity index (χ1v) is 5.14. The lowest BCUT2D eigenvalue weighted by Crippen LogP contribution is -1.91. The molecule has 3 rings (SSSR count). The van der Waals surface area contributed by atoms with Gasteiger partial charge in [0.05, 0.1) is 0 Å². The zero-order chi connectivity index (χ0) is 10.3. The topological polar surface area (TPSA) is 32.9 Å². The van der Waals surface area contributed by atoms with E-state index in [9.17, 15) is 4.79 Å². The van der Waals surface area contributed by atoms with Crippen LogP contribution in [0.3, 0.4) is 0 Å². The molecule has 2 nitrogen and oxygen atoms in total. The molecule has 1 heterocycles. The summed E-state index contributed by atoms with van der Waals surface area (Å²) in [5, 5.41) is 0. The minimum Gasteiger partial charge on any atom is -0.361 e. The number of Topliss-reactive ketones (excluding diaryl/α,β-unsaturated/α-hetero) is 1. The molecule has 0 bridgehead atoms. The van der Waals surface area contributed by atoms with E-state index < -0.39 is 0 Å². The predicted molar refractivity (Wildman–Crippen MR) is 58.9 cm³/mol. The van der Waals surface area contributed by atoms with Crippen LogP contribution < -0.4 is 0 Å². The van der Waals surface area contributed by atoms with Crippen LogP contribution in [0.1, 0.15) is 22.3 Å². The van der Waals surface area contributed by atoms with Crippen LogP contribution in [0.2, 0.25) is 0 Å². The van der Waals surface area contributed by atoms with Gasteiger partial charge in [-0.1, -0.05) is 12.1 Å². The summed E-state index contributed by atoms with van der Waals surface area (Å²) in [5.41, 5.74) is 4.25. The zero-order valence-electron chi connectivity index (χ0n) is 8.29. The lowest BCUT2D eigenvalue weighted by Gasteiger charge is -2.01. The number of carbonyl (C=O) groups is 1. The number of carbonyl (C=O) groups excluding carboxylic acids is 1. The Morgan fingerprint density at radius 3 is 2.87 bits per heavy atom. The summed E-state index contributed by atoms with van der Waals surface area (Å²) in [4.78, 5) is 14.7. The SMILES string of the molecule is O=C1CCc2ccc(-c3ccc[nH]3)cc21. The Labute approximate surface area is 87.9 Å². The highest BCUT2D eigenvalue weighted by atomic mass is 16.1. The molecule has 15 heavy (non-hydrogen) atoms. The van der Waals surface area contributed by atoms with Gasteiger partial charge in [0.1, 0.15) is 0 Å². The molecule has 74 valence electrons. The second kappa shape index (κ2) is 3.09. The van der Waals surface area contributed by atoms with E-state index in [0.717, 1.165) is 23.2 Å². The van der Waals surface area contributed by atoms with E-state index in [1.165, 1.54) is 5.56 Å². The summed E-state index contributed by atoms with van der Waals surface area (Å²) in [6.07, 6.45) is 3.47. The Morgan fingerprint density at radius 1 is 1.13 bits per heavy atom. The largest absolute Gasteiger partial charge is 0.361 e. The monoisotopic (exact) mass is 197 g/mol. The van der Waals surface area contributed by atoms with Crippen LogP contribution in [0.15, 0.2) is 36.5 Å². The van der Waals surface area contributed by atoms with E-state index in [-0.39, 0.29) is 5.78 Å². The van der Waals surface area contributed by atoms with Crippen molar-refractivity contribution in [2.24, 2.45) is 0 Å². The molecule has 0 aliphatic heterocycles. The van der Waals surface area contributed by atoms with Crippen molar-refractivity contribution in [3.8, 4) is 11.3 Å². The van der Waals surface area contributed by atoms with E-state index >= 15 is 0 Å². The number of nitrogens with one attached hydrogen (secondary N) is 1. The molecule has 0 spiro atoms. The van der Waals surface area contributed by atoms with Crippen molar-refractivity contribution in [1.82, 2.24) is 4.98 Å². The van der Waals surface area contributed by atoms with Gasteiger partial charge >= 0.3 is 0 Å². The van der Waals surface area contributed by atoms with Gasteiger partial charge in [0.15, 0.2) is 5.78 Å².